The van der Waals surface area contributed by atoms with Crippen molar-refractivity contribution in [2.75, 3.05) is 43.0 Å². The van der Waals surface area contributed by atoms with Crippen LogP contribution in [0, 0.1) is 5.82 Å². The van der Waals surface area contributed by atoms with Gasteiger partial charge in [-0.1, -0.05) is 6.92 Å². The van der Waals surface area contributed by atoms with E-state index in [9.17, 15) is 4.39 Å². The zero-order chi connectivity index (χ0) is 22.2. The number of hydrogen-bond acceptors (Lipinski definition) is 7. The van der Waals surface area contributed by atoms with Crippen molar-refractivity contribution in [2.24, 2.45) is 5.84 Å². The Morgan fingerprint density at radius 3 is 2.53 bits per heavy atom. The Bertz CT molecular complexity index is 1230. The molecule has 0 radical (unpaired) electrons. The third kappa shape index (κ3) is 3.83. The van der Waals surface area contributed by atoms with Gasteiger partial charge in [-0.15, -0.1) is 11.3 Å². The Morgan fingerprint density at radius 2 is 1.81 bits per heavy atom. The lowest BCUT2D eigenvalue weighted by atomic mass is 10.2. The maximum absolute atomic E-state index is 13.3. The van der Waals surface area contributed by atoms with Crippen LogP contribution in [0.5, 0.6) is 0 Å². The highest BCUT2D eigenvalue weighted by atomic mass is 32.1. The largest absolute Gasteiger partial charge is 0.368 e. The molecule has 5 rings (SSSR count). The Labute approximate surface area is 190 Å². The molecule has 9 heteroatoms. The van der Waals surface area contributed by atoms with Crippen LogP contribution in [0.2, 0.25) is 0 Å². The second-order valence-electron chi connectivity index (χ2n) is 7.96. The third-order valence-electron chi connectivity index (χ3n) is 5.90. The van der Waals surface area contributed by atoms with Gasteiger partial charge in [-0.05, 0) is 42.8 Å². The smallest absolute Gasteiger partial charge is 0.191 e. The number of aromatic nitrogens is 3. The normalized spacial score (nSPS) is 14.9. The molecule has 1 aliphatic rings. The molecule has 1 saturated heterocycles. The molecule has 166 valence electrons. The summed E-state index contributed by atoms with van der Waals surface area (Å²) < 4.78 is 15.4. The monoisotopic (exact) mass is 451 g/mol. The number of piperazine rings is 1. The van der Waals surface area contributed by atoms with E-state index in [1.807, 2.05) is 17.4 Å². The molecule has 7 nitrogen and oxygen atoms in total. The molecule has 0 spiro atoms. The number of aryl methyl sites for hydroxylation is 1. The average Bonchev–Trinajstić information content (AvgIpc) is 3.44. The van der Waals surface area contributed by atoms with Crippen molar-refractivity contribution in [3.63, 3.8) is 0 Å². The number of benzene rings is 1. The molecule has 0 amide bonds. The van der Waals surface area contributed by atoms with Gasteiger partial charge in [0.25, 0.3) is 0 Å². The summed E-state index contributed by atoms with van der Waals surface area (Å²) in [4.78, 5) is 14.1. The van der Waals surface area contributed by atoms with E-state index in [1.165, 1.54) is 12.1 Å². The minimum absolute atomic E-state index is 0.247. The van der Waals surface area contributed by atoms with E-state index >= 15 is 0 Å². The van der Waals surface area contributed by atoms with Crippen LogP contribution in [0.1, 0.15) is 12.6 Å². The quantitative estimate of drug-likeness (QED) is 0.464. The predicted octanol–water partition coefficient (Wildman–Crippen LogP) is 3.92. The molecule has 32 heavy (non-hydrogen) atoms. The number of nitrogens with zero attached hydrogens (tertiary/aromatic N) is 6. The molecule has 0 saturated carbocycles. The van der Waals surface area contributed by atoms with Crippen LogP contribution in [0.4, 0.5) is 21.0 Å². The van der Waals surface area contributed by atoms with Crippen molar-refractivity contribution in [3.8, 4) is 11.3 Å². The minimum atomic E-state index is -0.247. The fourth-order valence-corrected chi connectivity index (χ4v) is 4.89. The second-order valence-corrected chi connectivity index (χ2v) is 8.79. The topological polar surface area (TPSA) is 65.9 Å². The summed E-state index contributed by atoms with van der Waals surface area (Å²) in [6.07, 6.45) is 2.98. The number of nitrogens with two attached hydrogens (primary N) is 1. The molecule has 1 fully saturated rings. The van der Waals surface area contributed by atoms with Crippen molar-refractivity contribution in [2.45, 2.75) is 13.3 Å². The van der Waals surface area contributed by atoms with Crippen molar-refractivity contribution < 1.29 is 4.39 Å². The van der Waals surface area contributed by atoms with Crippen LogP contribution in [-0.4, -0.2) is 52.6 Å². The standard InChI is InChI=1S/C23H26FN7S/c1-3-19-22(28(2)23-27-20(15-32-23)16-4-6-17(24)7-5-16)31-14-18(8-9-21(31)26-19)29-10-12-30(25)13-11-29/h4-9,14-15H,3,10-13,25H2,1-2H3. The van der Waals surface area contributed by atoms with E-state index in [0.717, 1.165) is 71.8 Å². The third-order valence-corrected chi connectivity index (χ3v) is 6.82. The Hall–Kier alpha value is -3.01. The molecule has 0 bridgehead atoms. The first-order valence-corrected chi connectivity index (χ1v) is 11.6. The molecule has 1 aliphatic heterocycles. The number of hydrogen-bond donors (Lipinski definition) is 1. The second kappa shape index (κ2) is 8.50. The molecule has 2 N–H and O–H groups in total. The minimum Gasteiger partial charge on any atom is -0.368 e. The van der Waals surface area contributed by atoms with Gasteiger partial charge in [0.05, 0.1) is 17.1 Å². The fourth-order valence-electron chi connectivity index (χ4n) is 4.09. The summed E-state index contributed by atoms with van der Waals surface area (Å²) in [6, 6.07) is 10.6. The highest BCUT2D eigenvalue weighted by Gasteiger charge is 2.21. The Kier molecular flexibility index (Phi) is 5.54. The SMILES string of the molecule is CCc1nc2ccc(N3CCN(N)CC3)cn2c1N(C)c1nc(-c2ccc(F)cc2)cs1. The van der Waals surface area contributed by atoms with Crippen LogP contribution in [0.3, 0.4) is 0 Å². The van der Waals surface area contributed by atoms with E-state index in [0.29, 0.717) is 0 Å². The summed E-state index contributed by atoms with van der Waals surface area (Å²) in [5, 5.41) is 4.73. The van der Waals surface area contributed by atoms with Crippen molar-refractivity contribution in [3.05, 3.63) is 59.5 Å². The molecule has 0 atom stereocenters. The average molecular weight is 452 g/mol. The Balaban J connectivity index is 1.51. The number of hydrazine groups is 1. The van der Waals surface area contributed by atoms with Crippen molar-refractivity contribution in [1.29, 1.82) is 0 Å². The maximum Gasteiger partial charge on any atom is 0.191 e. The summed E-state index contributed by atoms with van der Waals surface area (Å²) >= 11 is 1.57. The molecule has 1 aromatic carbocycles. The lowest BCUT2D eigenvalue weighted by molar-refractivity contribution is 0.266. The number of halogens is 1. The number of imidazole rings is 1. The van der Waals surface area contributed by atoms with E-state index in [1.54, 1.807) is 23.5 Å². The van der Waals surface area contributed by atoms with Gasteiger partial charge in [-0.3, -0.25) is 10.2 Å². The first-order chi connectivity index (χ1) is 15.5. The molecule has 0 aliphatic carbocycles. The fraction of sp³-hybridized carbons (Fsp3) is 0.304. The lowest BCUT2D eigenvalue weighted by Crippen LogP contribution is -2.49. The first kappa shape index (κ1) is 20.9. The first-order valence-electron chi connectivity index (χ1n) is 10.7. The van der Waals surface area contributed by atoms with Gasteiger partial charge in [0.1, 0.15) is 17.3 Å². The number of thiazole rings is 1. The van der Waals surface area contributed by atoms with Gasteiger partial charge in [-0.25, -0.2) is 19.4 Å². The highest BCUT2D eigenvalue weighted by molar-refractivity contribution is 7.14. The Morgan fingerprint density at radius 1 is 1.06 bits per heavy atom. The summed E-state index contributed by atoms with van der Waals surface area (Å²) in [6.45, 7) is 5.61. The van der Waals surface area contributed by atoms with Gasteiger partial charge < -0.3 is 9.80 Å². The van der Waals surface area contributed by atoms with Crippen LogP contribution in [0.15, 0.2) is 48.0 Å². The molecule has 0 unspecified atom stereocenters. The van der Waals surface area contributed by atoms with Gasteiger partial charge >= 0.3 is 0 Å². The van der Waals surface area contributed by atoms with Gasteiger partial charge in [0.2, 0.25) is 0 Å². The number of fused-ring (bicyclic) bond motifs is 1. The lowest BCUT2D eigenvalue weighted by Gasteiger charge is -2.33. The molecule has 3 aromatic heterocycles. The zero-order valence-electron chi connectivity index (χ0n) is 18.2. The van der Waals surface area contributed by atoms with Crippen LogP contribution in [-0.2, 0) is 6.42 Å². The summed E-state index contributed by atoms with van der Waals surface area (Å²) in [5.41, 5.74) is 4.84. The molecular weight excluding hydrogens is 425 g/mol. The number of pyridine rings is 1. The molecule has 4 heterocycles. The summed E-state index contributed by atoms with van der Waals surface area (Å²) in [7, 11) is 2.02. The van der Waals surface area contributed by atoms with Crippen molar-refractivity contribution in [1.82, 2.24) is 19.4 Å². The zero-order valence-corrected chi connectivity index (χ0v) is 19.0. The summed E-state index contributed by atoms with van der Waals surface area (Å²) in [5.74, 6) is 6.70. The van der Waals surface area contributed by atoms with Crippen LogP contribution >= 0.6 is 11.3 Å². The highest BCUT2D eigenvalue weighted by Crippen LogP contribution is 2.34. The number of anilines is 3. The van der Waals surface area contributed by atoms with Crippen LogP contribution in [0.25, 0.3) is 16.9 Å². The van der Waals surface area contributed by atoms with Gasteiger partial charge in [0.15, 0.2) is 5.13 Å². The van der Waals surface area contributed by atoms with E-state index < -0.39 is 0 Å². The maximum atomic E-state index is 13.3. The van der Waals surface area contributed by atoms with Crippen LogP contribution < -0.4 is 15.6 Å². The van der Waals surface area contributed by atoms with E-state index in [4.69, 9.17) is 15.8 Å². The van der Waals surface area contributed by atoms with E-state index in [-0.39, 0.29) is 5.82 Å². The predicted molar refractivity (Wildman–Crippen MR) is 128 cm³/mol. The van der Waals surface area contributed by atoms with Gasteiger partial charge in [-0.2, -0.15) is 0 Å². The molecular formula is C23H26FN7S. The molecule has 4 aromatic rings. The number of rotatable bonds is 5. The van der Waals surface area contributed by atoms with Gasteiger partial charge in [0, 0.05) is 50.4 Å². The van der Waals surface area contributed by atoms with Crippen molar-refractivity contribution >= 4 is 33.6 Å². The van der Waals surface area contributed by atoms with E-state index in [2.05, 4.69) is 39.5 Å².